The third-order valence-corrected chi connectivity index (χ3v) is 3.66. The normalized spacial score (nSPS) is 10.4. The number of carboxylic acid groups (broad SMARTS) is 1. The van der Waals surface area contributed by atoms with Gasteiger partial charge in [-0.2, -0.15) is 0 Å². The molecule has 2 rings (SSSR count). The van der Waals surface area contributed by atoms with E-state index in [9.17, 15) is 4.79 Å². The second kappa shape index (κ2) is 6.54. The molecular formula is C13H13ClN2O2S. The molecule has 6 heteroatoms. The Bertz CT molecular complexity index is 528. The van der Waals surface area contributed by atoms with Crippen LogP contribution in [-0.2, 0) is 11.3 Å². The third-order valence-electron chi connectivity index (χ3n) is 2.57. The Balaban J connectivity index is 2.09. The fraction of sp³-hybridized carbons (Fsp3) is 0.231. The fourth-order valence-electron chi connectivity index (χ4n) is 1.66. The molecule has 100 valence electrons. The zero-order valence-electron chi connectivity index (χ0n) is 10.1. The lowest BCUT2D eigenvalue weighted by Crippen LogP contribution is -2.25. The van der Waals surface area contributed by atoms with Crippen molar-refractivity contribution in [2.45, 2.75) is 13.0 Å². The number of aliphatic carboxylic acids is 1. The van der Waals surface area contributed by atoms with Crippen molar-refractivity contribution in [2.75, 3.05) is 11.4 Å². The Morgan fingerprint density at radius 1 is 1.37 bits per heavy atom. The Kier molecular flexibility index (Phi) is 4.76. The Hall–Kier alpha value is -1.59. The van der Waals surface area contributed by atoms with E-state index in [0.717, 1.165) is 10.7 Å². The maximum absolute atomic E-state index is 10.7. The number of halogens is 1. The minimum absolute atomic E-state index is 0.0904. The maximum atomic E-state index is 10.7. The van der Waals surface area contributed by atoms with Crippen LogP contribution < -0.4 is 4.90 Å². The van der Waals surface area contributed by atoms with Crippen molar-refractivity contribution in [3.8, 4) is 0 Å². The van der Waals surface area contributed by atoms with E-state index < -0.39 is 5.97 Å². The lowest BCUT2D eigenvalue weighted by molar-refractivity contribution is -0.136. The van der Waals surface area contributed by atoms with Crippen molar-refractivity contribution in [3.63, 3.8) is 0 Å². The van der Waals surface area contributed by atoms with E-state index in [-0.39, 0.29) is 6.42 Å². The average Bonchev–Trinajstić information content (AvgIpc) is 2.90. The average molecular weight is 297 g/mol. The third kappa shape index (κ3) is 4.22. The number of thiazole rings is 1. The summed E-state index contributed by atoms with van der Waals surface area (Å²) in [6.07, 6.45) is 1.81. The van der Waals surface area contributed by atoms with E-state index in [1.165, 1.54) is 11.3 Å². The smallest absolute Gasteiger partial charge is 0.305 e. The molecule has 0 radical (unpaired) electrons. The largest absolute Gasteiger partial charge is 0.481 e. The first-order valence-corrected chi connectivity index (χ1v) is 7.01. The van der Waals surface area contributed by atoms with Gasteiger partial charge in [-0.15, -0.1) is 11.3 Å². The summed E-state index contributed by atoms with van der Waals surface area (Å²) in [6, 6.07) is 7.52. The van der Waals surface area contributed by atoms with Crippen molar-refractivity contribution in [1.82, 2.24) is 4.98 Å². The molecule has 0 saturated carbocycles. The molecule has 0 atom stereocenters. The fourth-order valence-corrected chi connectivity index (χ4v) is 2.45. The molecule has 0 aliphatic carbocycles. The van der Waals surface area contributed by atoms with Gasteiger partial charge in [0.2, 0.25) is 0 Å². The number of benzene rings is 1. The van der Waals surface area contributed by atoms with Crippen LogP contribution in [-0.4, -0.2) is 22.6 Å². The molecule has 0 amide bonds. The topological polar surface area (TPSA) is 53.4 Å². The minimum atomic E-state index is -0.808. The molecule has 1 heterocycles. The zero-order chi connectivity index (χ0) is 13.7. The molecule has 1 aromatic heterocycles. The lowest BCUT2D eigenvalue weighted by Gasteiger charge is -2.21. The van der Waals surface area contributed by atoms with Crippen LogP contribution in [0.5, 0.6) is 0 Å². The highest BCUT2D eigenvalue weighted by atomic mass is 35.5. The number of hydrogen-bond donors (Lipinski definition) is 1. The monoisotopic (exact) mass is 296 g/mol. The molecule has 4 nitrogen and oxygen atoms in total. The highest BCUT2D eigenvalue weighted by Gasteiger charge is 2.11. The van der Waals surface area contributed by atoms with Gasteiger partial charge in [-0.1, -0.05) is 23.7 Å². The number of carboxylic acids is 1. The van der Waals surface area contributed by atoms with E-state index >= 15 is 0 Å². The molecule has 2 aromatic rings. The molecule has 1 N–H and O–H groups in total. The Labute approximate surface area is 120 Å². The van der Waals surface area contributed by atoms with Crippen LogP contribution in [0.1, 0.15) is 12.0 Å². The second-order valence-corrected chi connectivity index (χ2v) is 5.32. The standard InChI is InChI=1S/C13H13ClN2O2S/c14-11-3-1-10(2-4-11)9-16(7-5-12(17)18)13-15-6-8-19-13/h1-4,6,8H,5,7,9H2,(H,17,18). The molecule has 1 aromatic carbocycles. The SMILES string of the molecule is O=C(O)CCN(Cc1ccc(Cl)cc1)c1nccs1. The van der Waals surface area contributed by atoms with Gasteiger partial charge in [-0.25, -0.2) is 4.98 Å². The highest BCUT2D eigenvalue weighted by molar-refractivity contribution is 7.13. The van der Waals surface area contributed by atoms with Crippen LogP contribution in [0.4, 0.5) is 5.13 Å². The van der Waals surface area contributed by atoms with Gasteiger partial charge in [0, 0.05) is 29.7 Å². The molecule has 0 aliphatic rings. The van der Waals surface area contributed by atoms with Gasteiger partial charge >= 0.3 is 5.97 Å². The molecule has 0 saturated heterocycles. The van der Waals surface area contributed by atoms with E-state index in [0.29, 0.717) is 18.1 Å². The summed E-state index contributed by atoms with van der Waals surface area (Å²) < 4.78 is 0. The number of anilines is 1. The number of rotatable bonds is 6. The predicted molar refractivity (Wildman–Crippen MR) is 76.9 cm³/mol. The van der Waals surface area contributed by atoms with Crippen LogP contribution in [0.25, 0.3) is 0 Å². The van der Waals surface area contributed by atoms with Crippen LogP contribution in [0, 0.1) is 0 Å². The summed E-state index contributed by atoms with van der Waals surface area (Å²) in [5.41, 5.74) is 1.07. The molecular weight excluding hydrogens is 284 g/mol. The van der Waals surface area contributed by atoms with Gasteiger partial charge < -0.3 is 10.0 Å². The zero-order valence-corrected chi connectivity index (χ0v) is 11.7. The summed E-state index contributed by atoms with van der Waals surface area (Å²) >= 11 is 7.35. The highest BCUT2D eigenvalue weighted by Crippen LogP contribution is 2.21. The van der Waals surface area contributed by atoms with Gasteiger partial charge in [-0.3, -0.25) is 4.79 Å². The van der Waals surface area contributed by atoms with Crippen LogP contribution >= 0.6 is 22.9 Å². The first kappa shape index (κ1) is 13.8. The molecule has 0 spiro atoms. The van der Waals surface area contributed by atoms with Gasteiger partial charge in [-0.05, 0) is 17.7 Å². The van der Waals surface area contributed by atoms with Gasteiger partial charge in [0.25, 0.3) is 0 Å². The first-order valence-electron chi connectivity index (χ1n) is 5.76. The van der Waals surface area contributed by atoms with Crippen molar-refractivity contribution in [2.24, 2.45) is 0 Å². The molecule has 0 unspecified atom stereocenters. The summed E-state index contributed by atoms with van der Waals surface area (Å²) in [5.74, 6) is -0.808. The van der Waals surface area contributed by atoms with Crippen LogP contribution in [0.2, 0.25) is 5.02 Å². The Morgan fingerprint density at radius 2 is 2.11 bits per heavy atom. The summed E-state index contributed by atoms with van der Waals surface area (Å²) in [5, 5.41) is 12.2. The van der Waals surface area contributed by atoms with Crippen molar-refractivity contribution < 1.29 is 9.90 Å². The predicted octanol–water partition coefficient (Wildman–Crippen LogP) is 3.28. The summed E-state index contributed by atoms with van der Waals surface area (Å²) in [7, 11) is 0. The molecule has 0 fully saturated rings. The van der Waals surface area contributed by atoms with E-state index in [2.05, 4.69) is 4.98 Å². The van der Waals surface area contributed by atoms with E-state index in [1.807, 2.05) is 34.5 Å². The number of nitrogens with zero attached hydrogens (tertiary/aromatic N) is 2. The van der Waals surface area contributed by atoms with Crippen LogP contribution in [0.3, 0.4) is 0 Å². The minimum Gasteiger partial charge on any atom is -0.481 e. The molecule has 19 heavy (non-hydrogen) atoms. The van der Waals surface area contributed by atoms with Crippen molar-refractivity contribution in [3.05, 3.63) is 46.4 Å². The summed E-state index contributed by atoms with van der Waals surface area (Å²) in [4.78, 5) is 16.9. The quantitative estimate of drug-likeness (QED) is 0.889. The molecule has 0 aliphatic heterocycles. The number of aromatic nitrogens is 1. The maximum Gasteiger partial charge on any atom is 0.305 e. The van der Waals surface area contributed by atoms with Crippen molar-refractivity contribution >= 4 is 34.0 Å². The lowest BCUT2D eigenvalue weighted by atomic mass is 10.2. The van der Waals surface area contributed by atoms with Gasteiger partial charge in [0.1, 0.15) is 0 Å². The van der Waals surface area contributed by atoms with Gasteiger partial charge in [0.15, 0.2) is 5.13 Å². The van der Waals surface area contributed by atoms with E-state index in [4.69, 9.17) is 16.7 Å². The van der Waals surface area contributed by atoms with Crippen LogP contribution in [0.15, 0.2) is 35.8 Å². The molecule has 0 bridgehead atoms. The first-order chi connectivity index (χ1) is 9.15. The van der Waals surface area contributed by atoms with E-state index in [1.54, 1.807) is 6.20 Å². The second-order valence-electron chi connectivity index (χ2n) is 4.01. The Morgan fingerprint density at radius 3 is 2.68 bits per heavy atom. The van der Waals surface area contributed by atoms with Gasteiger partial charge in [0.05, 0.1) is 6.42 Å². The summed E-state index contributed by atoms with van der Waals surface area (Å²) in [6.45, 7) is 1.06. The number of hydrogen-bond acceptors (Lipinski definition) is 4. The number of carbonyl (C=O) groups is 1. The van der Waals surface area contributed by atoms with Crippen molar-refractivity contribution in [1.29, 1.82) is 0 Å².